The van der Waals surface area contributed by atoms with E-state index >= 15 is 0 Å². The summed E-state index contributed by atoms with van der Waals surface area (Å²) in [7, 11) is -9.92. The van der Waals surface area contributed by atoms with Gasteiger partial charge in [0.2, 0.25) is 0 Å². The molecule has 0 bridgehead atoms. The molecule has 0 radical (unpaired) electrons. The van der Waals surface area contributed by atoms with Gasteiger partial charge in [-0.25, -0.2) is 9.13 Å². The molecule has 0 aliphatic rings. The van der Waals surface area contributed by atoms with Crippen LogP contribution in [-0.4, -0.2) is 96.7 Å². The number of aliphatic hydroxyl groups excluding tert-OH is 1. The Morgan fingerprint density at radius 3 is 0.784 bits per heavy atom. The molecule has 6 atom stereocenters. The molecule has 19 heteroatoms. The molecular weight excluding hydrogens is 1270 g/mol. The van der Waals surface area contributed by atoms with Gasteiger partial charge in [0.05, 0.1) is 26.4 Å². The Labute approximate surface area is 594 Å². The van der Waals surface area contributed by atoms with Gasteiger partial charge in [0.15, 0.2) is 12.2 Å². The highest BCUT2D eigenvalue weighted by atomic mass is 31.2. The third kappa shape index (κ3) is 70.9. The summed E-state index contributed by atoms with van der Waals surface area (Å²) in [5, 5.41) is 10.6. The van der Waals surface area contributed by atoms with E-state index in [-0.39, 0.29) is 25.7 Å². The lowest BCUT2D eigenvalue weighted by Crippen LogP contribution is -2.30. The largest absolute Gasteiger partial charge is 0.472 e. The first kappa shape index (κ1) is 95.1. The lowest BCUT2D eigenvalue weighted by atomic mass is 9.99. The number of hydrogen-bond donors (Lipinski definition) is 3. The lowest BCUT2D eigenvalue weighted by Gasteiger charge is -2.21. The monoisotopic (exact) mass is 1420 g/mol. The first-order valence-electron chi connectivity index (χ1n) is 40.4. The van der Waals surface area contributed by atoms with E-state index < -0.39 is 97.5 Å². The van der Waals surface area contributed by atoms with E-state index in [1.54, 1.807) is 0 Å². The minimum atomic E-state index is -4.96. The molecular formula is C78H152O17P2. The molecule has 3 unspecified atom stereocenters. The van der Waals surface area contributed by atoms with Crippen molar-refractivity contribution in [2.75, 3.05) is 39.6 Å². The van der Waals surface area contributed by atoms with Crippen LogP contribution in [-0.2, 0) is 65.4 Å². The van der Waals surface area contributed by atoms with Gasteiger partial charge in [-0.2, -0.15) is 0 Å². The molecule has 576 valence electrons. The van der Waals surface area contributed by atoms with E-state index in [9.17, 15) is 43.2 Å². The van der Waals surface area contributed by atoms with Gasteiger partial charge in [0.25, 0.3) is 0 Å². The minimum absolute atomic E-state index is 0.104. The van der Waals surface area contributed by atoms with Crippen LogP contribution in [0.15, 0.2) is 0 Å². The molecule has 0 saturated heterocycles. The van der Waals surface area contributed by atoms with E-state index in [2.05, 4.69) is 48.5 Å². The Balaban J connectivity index is 5.24. The van der Waals surface area contributed by atoms with Crippen molar-refractivity contribution in [3.05, 3.63) is 0 Å². The highest BCUT2D eigenvalue weighted by Gasteiger charge is 2.30. The van der Waals surface area contributed by atoms with Gasteiger partial charge in [0, 0.05) is 25.7 Å². The molecule has 0 aromatic carbocycles. The fourth-order valence-electron chi connectivity index (χ4n) is 11.9. The smallest absolute Gasteiger partial charge is 0.462 e. The zero-order valence-corrected chi connectivity index (χ0v) is 65.3. The van der Waals surface area contributed by atoms with Gasteiger partial charge in [-0.3, -0.25) is 37.3 Å². The number of phosphoric ester groups is 2. The van der Waals surface area contributed by atoms with Crippen molar-refractivity contribution < 1.29 is 80.2 Å². The molecule has 0 saturated carbocycles. The predicted molar refractivity (Wildman–Crippen MR) is 395 cm³/mol. The number of aliphatic hydroxyl groups is 1. The molecule has 0 aliphatic carbocycles. The summed E-state index contributed by atoms with van der Waals surface area (Å²) in [4.78, 5) is 72.9. The van der Waals surface area contributed by atoms with E-state index in [1.165, 1.54) is 205 Å². The van der Waals surface area contributed by atoms with Crippen LogP contribution in [0.25, 0.3) is 0 Å². The standard InChI is InChI=1S/C78H152O17P2/c1-8-10-11-12-13-14-15-16-17-18-19-20-25-28-31-39-47-54-61-77(82)94-73(65-88-75(80)59-52-45-38-30-27-24-22-21-23-26-29-35-42-49-56-69(3)4)67-92-96(84,85)90-63-72(79)64-91-97(86,87)93-68-74(66-89-76(81)60-53-46-41-34-36-43-50-57-70(5)6)95-78(83)62-55-48-40-33-32-37-44-51-58-71(7)9-2/h69-74,79H,8-68H2,1-7H3,(H,84,85)(H,86,87)/t71?,72-,73-,74-/m1/s1. The highest BCUT2D eigenvalue weighted by molar-refractivity contribution is 7.47. The van der Waals surface area contributed by atoms with Crippen LogP contribution < -0.4 is 0 Å². The van der Waals surface area contributed by atoms with Crippen molar-refractivity contribution in [3.8, 4) is 0 Å². The molecule has 3 N–H and O–H groups in total. The second-order valence-electron chi connectivity index (χ2n) is 29.3. The number of esters is 4. The molecule has 97 heavy (non-hydrogen) atoms. The Morgan fingerprint density at radius 1 is 0.299 bits per heavy atom. The number of carbonyl (C=O) groups is 4. The number of phosphoric acid groups is 2. The Bertz CT molecular complexity index is 1890. The first-order valence-corrected chi connectivity index (χ1v) is 43.4. The molecule has 0 aromatic heterocycles. The summed E-state index contributed by atoms with van der Waals surface area (Å²) in [6, 6.07) is 0. The van der Waals surface area contributed by atoms with Crippen LogP contribution in [0.5, 0.6) is 0 Å². The van der Waals surface area contributed by atoms with Gasteiger partial charge in [-0.05, 0) is 43.4 Å². The zero-order valence-electron chi connectivity index (χ0n) is 63.5. The Hall–Kier alpha value is -1.94. The lowest BCUT2D eigenvalue weighted by molar-refractivity contribution is -0.161. The average Bonchev–Trinajstić information content (AvgIpc) is 0.990. The van der Waals surface area contributed by atoms with E-state index in [0.717, 1.165) is 108 Å². The molecule has 0 fully saturated rings. The van der Waals surface area contributed by atoms with Crippen molar-refractivity contribution >= 4 is 39.5 Å². The SMILES string of the molecule is CCCCCCCCCCCCCCCCCCCCC(=O)O[C@H](COC(=O)CCCCCCCCCCCCCCCCC(C)C)COP(=O)(O)OC[C@@H](O)COP(=O)(O)OC[C@@H](COC(=O)CCCCCCCCCC(C)C)OC(=O)CCCCCCCCCCC(C)CC. The average molecular weight is 1420 g/mol. The number of ether oxygens (including phenoxy) is 4. The normalized spacial score (nSPS) is 14.3. The van der Waals surface area contributed by atoms with Gasteiger partial charge < -0.3 is 33.8 Å². The third-order valence-electron chi connectivity index (χ3n) is 18.5. The van der Waals surface area contributed by atoms with Gasteiger partial charge >= 0.3 is 39.5 Å². The van der Waals surface area contributed by atoms with Crippen LogP contribution in [0.3, 0.4) is 0 Å². The third-order valence-corrected chi connectivity index (χ3v) is 20.4. The highest BCUT2D eigenvalue weighted by Crippen LogP contribution is 2.45. The predicted octanol–water partition coefficient (Wildman–Crippen LogP) is 23.0. The van der Waals surface area contributed by atoms with E-state index in [4.69, 9.17) is 37.0 Å². The molecule has 0 aromatic rings. The Morgan fingerprint density at radius 2 is 0.526 bits per heavy atom. The van der Waals surface area contributed by atoms with Crippen molar-refractivity contribution in [2.24, 2.45) is 17.8 Å². The molecule has 0 rings (SSSR count). The molecule has 0 heterocycles. The topological polar surface area (TPSA) is 237 Å². The van der Waals surface area contributed by atoms with E-state index in [1.807, 2.05) is 0 Å². The Kier molecular flexibility index (Phi) is 67.1. The molecule has 17 nitrogen and oxygen atoms in total. The zero-order chi connectivity index (χ0) is 71.6. The van der Waals surface area contributed by atoms with Crippen LogP contribution in [0.1, 0.15) is 402 Å². The minimum Gasteiger partial charge on any atom is -0.462 e. The number of hydrogen-bond acceptors (Lipinski definition) is 15. The maximum absolute atomic E-state index is 13.1. The van der Waals surface area contributed by atoms with Crippen molar-refractivity contribution in [3.63, 3.8) is 0 Å². The van der Waals surface area contributed by atoms with Crippen molar-refractivity contribution in [1.29, 1.82) is 0 Å². The summed E-state index contributed by atoms with van der Waals surface area (Å²) in [6.45, 7) is 11.9. The summed E-state index contributed by atoms with van der Waals surface area (Å²) in [6.07, 6.45) is 55.6. The summed E-state index contributed by atoms with van der Waals surface area (Å²) in [5.74, 6) is 0.157. The fourth-order valence-corrected chi connectivity index (χ4v) is 13.5. The van der Waals surface area contributed by atoms with Crippen LogP contribution in [0.4, 0.5) is 0 Å². The van der Waals surface area contributed by atoms with Crippen LogP contribution >= 0.6 is 15.6 Å². The van der Waals surface area contributed by atoms with Gasteiger partial charge in [-0.1, -0.05) is 350 Å². The van der Waals surface area contributed by atoms with E-state index in [0.29, 0.717) is 31.6 Å². The number of unbranched alkanes of at least 4 members (excludes halogenated alkanes) is 43. The summed E-state index contributed by atoms with van der Waals surface area (Å²) in [5.41, 5.74) is 0. The summed E-state index contributed by atoms with van der Waals surface area (Å²) < 4.78 is 68.6. The molecule has 0 amide bonds. The second kappa shape index (κ2) is 68.5. The van der Waals surface area contributed by atoms with Gasteiger partial charge in [-0.15, -0.1) is 0 Å². The number of rotatable bonds is 76. The van der Waals surface area contributed by atoms with Crippen LogP contribution in [0.2, 0.25) is 0 Å². The quantitative estimate of drug-likeness (QED) is 0.0222. The van der Waals surface area contributed by atoms with Gasteiger partial charge in [0.1, 0.15) is 19.3 Å². The molecule has 0 spiro atoms. The molecule has 0 aliphatic heterocycles. The number of carbonyl (C=O) groups excluding carboxylic acids is 4. The first-order chi connectivity index (χ1) is 46.8. The van der Waals surface area contributed by atoms with Crippen molar-refractivity contribution in [2.45, 2.75) is 420 Å². The fraction of sp³-hybridized carbons (Fsp3) is 0.949. The maximum Gasteiger partial charge on any atom is 0.472 e. The maximum atomic E-state index is 13.1. The summed E-state index contributed by atoms with van der Waals surface area (Å²) >= 11 is 0. The second-order valence-corrected chi connectivity index (χ2v) is 32.2. The van der Waals surface area contributed by atoms with Crippen LogP contribution in [0, 0.1) is 17.8 Å². The van der Waals surface area contributed by atoms with Crippen molar-refractivity contribution in [1.82, 2.24) is 0 Å².